The molecule has 1 heterocycles. The average molecular weight is 316 g/mol. The van der Waals surface area contributed by atoms with E-state index in [9.17, 15) is 9.59 Å². The molecule has 3 atom stereocenters. The number of rotatable bonds is 7. The first-order chi connectivity index (χ1) is 10.9. The topological polar surface area (TPSA) is 114 Å². The van der Waals surface area contributed by atoms with Gasteiger partial charge in [0.05, 0.1) is 6.04 Å². The van der Waals surface area contributed by atoms with Gasteiger partial charge in [-0.3, -0.25) is 9.59 Å². The Labute approximate surface area is 135 Å². The van der Waals surface area contributed by atoms with Crippen LogP contribution >= 0.6 is 0 Å². The van der Waals surface area contributed by atoms with Crippen molar-refractivity contribution in [1.29, 1.82) is 0 Å². The minimum atomic E-state index is -0.781. The van der Waals surface area contributed by atoms with Crippen molar-refractivity contribution < 1.29 is 9.59 Å². The molecule has 0 saturated heterocycles. The van der Waals surface area contributed by atoms with Crippen LogP contribution in [0, 0.1) is 5.92 Å². The quantitative estimate of drug-likeness (QED) is 0.612. The van der Waals surface area contributed by atoms with Crippen LogP contribution in [0.25, 0.3) is 10.9 Å². The standard InChI is InChI=1S/C17H24N4O2/c1-3-10(2)15(18)17(23)21-14(16(19)22)8-11-9-20-13-7-5-4-6-12(11)13/h4-7,9-10,14-15,20H,3,8,18H2,1-2H3,(H2,19,22)(H,21,23)/t10-,14-,15-/m0/s1. The zero-order valence-electron chi connectivity index (χ0n) is 13.5. The lowest BCUT2D eigenvalue weighted by Gasteiger charge is -2.21. The van der Waals surface area contributed by atoms with Crippen molar-refractivity contribution in [3.63, 3.8) is 0 Å². The molecule has 0 radical (unpaired) electrons. The Morgan fingerprint density at radius 3 is 2.65 bits per heavy atom. The van der Waals surface area contributed by atoms with E-state index in [-0.39, 0.29) is 11.8 Å². The highest BCUT2D eigenvalue weighted by Crippen LogP contribution is 2.19. The van der Waals surface area contributed by atoms with Crippen molar-refractivity contribution in [1.82, 2.24) is 10.3 Å². The van der Waals surface area contributed by atoms with E-state index < -0.39 is 18.0 Å². The molecule has 2 rings (SSSR count). The monoisotopic (exact) mass is 316 g/mol. The van der Waals surface area contributed by atoms with Crippen LogP contribution in [0.4, 0.5) is 0 Å². The Morgan fingerprint density at radius 1 is 1.30 bits per heavy atom. The van der Waals surface area contributed by atoms with E-state index in [0.29, 0.717) is 6.42 Å². The van der Waals surface area contributed by atoms with Crippen molar-refractivity contribution in [3.8, 4) is 0 Å². The predicted molar refractivity (Wildman–Crippen MR) is 90.6 cm³/mol. The molecule has 0 fully saturated rings. The van der Waals surface area contributed by atoms with Gasteiger partial charge in [-0.05, 0) is 17.5 Å². The lowest BCUT2D eigenvalue weighted by atomic mass is 9.98. The average Bonchev–Trinajstić information content (AvgIpc) is 2.95. The third kappa shape index (κ3) is 3.90. The summed E-state index contributed by atoms with van der Waals surface area (Å²) in [5, 5.41) is 3.70. The largest absolute Gasteiger partial charge is 0.368 e. The molecule has 0 aliphatic carbocycles. The molecule has 2 aromatic rings. The number of nitrogens with one attached hydrogen (secondary N) is 2. The zero-order chi connectivity index (χ0) is 17.0. The molecule has 23 heavy (non-hydrogen) atoms. The highest BCUT2D eigenvalue weighted by molar-refractivity contribution is 5.90. The summed E-state index contributed by atoms with van der Waals surface area (Å²) in [6.07, 6.45) is 2.96. The Hall–Kier alpha value is -2.34. The third-order valence-electron chi connectivity index (χ3n) is 4.32. The van der Waals surface area contributed by atoms with Gasteiger partial charge in [0.25, 0.3) is 0 Å². The SMILES string of the molecule is CC[C@H](C)[C@H](N)C(=O)N[C@@H](Cc1c[nH]c2ccccc12)C(N)=O. The summed E-state index contributed by atoms with van der Waals surface area (Å²) in [7, 11) is 0. The van der Waals surface area contributed by atoms with Crippen LogP contribution in [0.5, 0.6) is 0 Å². The molecule has 1 aromatic heterocycles. The van der Waals surface area contributed by atoms with Gasteiger partial charge >= 0.3 is 0 Å². The maximum atomic E-state index is 12.2. The van der Waals surface area contributed by atoms with Gasteiger partial charge < -0.3 is 21.8 Å². The number of hydrogen-bond acceptors (Lipinski definition) is 3. The summed E-state index contributed by atoms with van der Waals surface area (Å²) in [4.78, 5) is 27.1. The number of carbonyl (C=O) groups excluding carboxylic acids is 2. The van der Waals surface area contributed by atoms with Crippen molar-refractivity contribution in [3.05, 3.63) is 36.0 Å². The normalized spacial score (nSPS) is 15.1. The summed E-state index contributed by atoms with van der Waals surface area (Å²) in [5.74, 6) is -0.875. The highest BCUT2D eigenvalue weighted by atomic mass is 16.2. The summed E-state index contributed by atoms with van der Waals surface area (Å²) >= 11 is 0. The van der Waals surface area contributed by atoms with Crippen molar-refractivity contribution in [2.75, 3.05) is 0 Å². The van der Waals surface area contributed by atoms with E-state index >= 15 is 0 Å². The van der Waals surface area contributed by atoms with Crippen LogP contribution < -0.4 is 16.8 Å². The van der Waals surface area contributed by atoms with Gasteiger partial charge in [0.2, 0.25) is 11.8 Å². The number of H-pyrrole nitrogens is 1. The molecule has 0 bridgehead atoms. The summed E-state index contributed by atoms with van der Waals surface area (Å²) in [6.45, 7) is 3.87. The Balaban J connectivity index is 2.13. The summed E-state index contributed by atoms with van der Waals surface area (Å²) < 4.78 is 0. The fourth-order valence-corrected chi connectivity index (χ4v) is 2.52. The number of amides is 2. The summed E-state index contributed by atoms with van der Waals surface area (Å²) in [5.41, 5.74) is 13.3. The third-order valence-corrected chi connectivity index (χ3v) is 4.32. The van der Waals surface area contributed by atoms with E-state index in [1.54, 1.807) is 0 Å². The number of para-hydroxylation sites is 1. The zero-order valence-corrected chi connectivity index (χ0v) is 13.5. The Kier molecular flexibility index (Phi) is 5.39. The Bertz CT molecular complexity index is 695. The smallest absolute Gasteiger partial charge is 0.240 e. The van der Waals surface area contributed by atoms with E-state index in [1.807, 2.05) is 44.3 Å². The number of carbonyl (C=O) groups is 2. The number of primary amides is 1. The van der Waals surface area contributed by atoms with Crippen molar-refractivity contribution >= 4 is 22.7 Å². The summed E-state index contributed by atoms with van der Waals surface area (Å²) in [6, 6.07) is 6.35. The number of aromatic amines is 1. The Morgan fingerprint density at radius 2 is 2.00 bits per heavy atom. The van der Waals surface area contributed by atoms with Gasteiger partial charge in [-0.2, -0.15) is 0 Å². The molecular formula is C17H24N4O2. The maximum absolute atomic E-state index is 12.2. The predicted octanol–water partition coefficient (Wildman–Crippen LogP) is 1.05. The molecule has 124 valence electrons. The molecular weight excluding hydrogens is 292 g/mol. The fraction of sp³-hybridized carbons (Fsp3) is 0.412. The first kappa shape index (κ1) is 17.0. The van der Waals surface area contributed by atoms with Crippen LogP contribution in [0.3, 0.4) is 0 Å². The molecule has 0 aliphatic rings. The molecule has 2 amide bonds. The number of hydrogen-bond donors (Lipinski definition) is 4. The van der Waals surface area contributed by atoms with Crippen LogP contribution in [0.1, 0.15) is 25.8 Å². The van der Waals surface area contributed by atoms with E-state index in [1.165, 1.54) is 0 Å². The number of nitrogens with two attached hydrogens (primary N) is 2. The number of benzene rings is 1. The fourth-order valence-electron chi connectivity index (χ4n) is 2.52. The second-order valence-electron chi connectivity index (χ2n) is 5.94. The molecule has 6 N–H and O–H groups in total. The molecule has 6 heteroatoms. The molecule has 1 aromatic carbocycles. The molecule has 6 nitrogen and oxygen atoms in total. The van der Waals surface area contributed by atoms with E-state index in [4.69, 9.17) is 11.5 Å². The van der Waals surface area contributed by atoms with Crippen LogP contribution in [0.2, 0.25) is 0 Å². The first-order valence-electron chi connectivity index (χ1n) is 7.84. The van der Waals surface area contributed by atoms with Gasteiger partial charge in [0.15, 0.2) is 0 Å². The van der Waals surface area contributed by atoms with Gasteiger partial charge in [-0.1, -0.05) is 38.5 Å². The lowest BCUT2D eigenvalue weighted by Crippen LogP contribution is -2.53. The number of aromatic nitrogens is 1. The maximum Gasteiger partial charge on any atom is 0.240 e. The first-order valence-corrected chi connectivity index (χ1v) is 7.84. The van der Waals surface area contributed by atoms with Crippen molar-refractivity contribution in [2.45, 2.75) is 38.8 Å². The van der Waals surface area contributed by atoms with Gasteiger partial charge in [-0.25, -0.2) is 0 Å². The lowest BCUT2D eigenvalue weighted by molar-refractivity contribution is -0.128. The second-order valence-corrected chi connectivity index (χ2v) is 5.94. The van der Waals surface area contributed by atoms with Gasteiger partial charge in [0, 0.05) is 23.5 Å². The van der Waals surface area contributed by atoms with Gasteiger partial charge in [0.1, 0.15) is 6.04 Å². The molecule has 0 saturated carbocycles. The minimum absolute atomic E-state index is 0.0385. The van der Waals surface area contributed by atoms with Crippen LogP contribution in [-0.4, -0.2) is 28.9 Å². The highest BCUT2D eigenvalue weighted by Gasteiger charge is 2.25. The second kappa shape index (κ2) is 7.28. The minimum Gasteiger partial charge on any atom is -0.368 e. The van der Waals surface area contributed by atoms with E-state index in [2.05, 4.69) is 10.3 Å². The van der Waals surface area contributed by atoms with Crippen LogP contribution in [0.15, 0.2) is 30.5 Å². The molecule has 0 aliphatic heterocycles. The van der Waals surface area contributed by atoms with Crippen molar-refractivity contribution in [2.24, 2.45) is 17.4 Å². The van der Waals surface area contributed by atoms with E-state index in [0.717, 1.165) is 22.9 Å². The van der Waals surface area contributed by atoms with Gasteiger partial charge in [-0.15, -0.1) is 0 Å². The molecule has 0 unspecified atom stereocenters. The molecule has 0 spiro atoms. The van der Waals surface area contributed by atoms with Crippen LogP contribution in [-0.2, 0) is 16.0 Å². The number of fused-ring (bicyclic) bond motifs is 1.